The van der Waals surface area contributed by atoms with Crippen LogP contribution in [0.5, 0.6) is 0 Å². The van der Waals surface area contributed by atoms with Gasteiger partial charge in [0.15, 0.2) is 0 Å². The minimum atomic E-state index is 0.630. The van der Waals surface area contributed by atoms with Crippen molar-refractivity contribution in [1.82, 2.24) is 5.32 Å². The van der Waals surface area contributed by atoms with Gasteiger partial charge in [-0.05, 0) is 74.4 Å². The van der Waals surface area contributed by atoms with Crippen molar-refractivity contribution < 1.29 is 0 Å². The Morgan fingerprint density at radius 3 is 2.75 bits per heavy atom. The molecule has 0 spiro atoms. The third-order valence-electron chi connectivity index (χ3n) is 4.70. The van der Waals surface area contributed by atoms with Gasteiger partial charge in [-0.3, -0.25) is 0 Å². The zero-order valence-corrected chi connectivity index (χ0v) is 12.8. The molecule has 106 valence electrons. The molecule has 1 heterocycles. The van der Waals surface area contributed by atoms with Crippen molar-refractivity contribution in [3.63, 3.8) is 0 Å². The van der Waals surface area contributed by atoms with Gasteiger partial charge in [-0.25, -0.2) is 0 Å². The Bertz CT molecular complexity index is 538. The van der Waals surface area contributed by atoms with E-state index in [2.05, 4.69) is 42.6 Å². The molecule has 1 nitrogen and oxygen atoms in total. The van der Waals surface area contributed by atoms with E-state index in [9.17, 15) is 0 Å². The normalized spacial score (nSPS) is 25.5. The summed E-state index contributed by atoms with van der Waals surface area (Å²) in [4.78, 5) is 0. The van der Waals surface area contributed by atoms with Crippen LogP contribution in [0.2, 0.25) is 5.02 Å². The molecule has 1 N–H and O–H groups in total. The van der Waals surface area contributed by atoms with E-state index in [-0.39, 0.29) is 0 Å². The fourth-order valence-electron chi connectivity index (χ4n) is 3.54. The lowest BCUT2D eigenvalue weighted by atomic mass is 9.76. The molecule has 2 aliphatic rings. The number of rotatable bonds is 1. The largest absolute Gasteiger partial charge is 0.317 e. The van der Waals surface area contributed by atoms with Gasteiger partial charge in [0.1, 0.15) is 0 Å². The second kappa shape index (κ2) is 6.15. The van der Waals surface area contributed by atoms with Crippen molar-refractivity contribution in [3.8, 4) is 0 Å². The van der Waals surface area contributed by atoms with Crippen LogP contribution in [0.1, 0.15) is 43.2 Å². The van der Waals surface area contributed by atoms with Crippen LogP contribution < -0.4 is 5.32 Å². The summed E-state index contributed by atoms with van der Waals surface area (Å²) in [6, 6.07) is 6.40. The highest BCUT2D eigenvalue weighted by molar-refractivity contribution is 6.30. The first-order valence-electron chi connectivity index (χ1n) is 7.61. The Labute approximate surface area is 126 Å². The van der Waals surface area contributed by atoms with Gasteiger partial charge in [0.2, 0.25) is 0 Å². The topological polar surface area (TPSA) is 12.0 Å². The standard InChI is InChI=1S/C18H22ClN/c1-2-13-3-4-15-12-16(19)5-6-17(15)18(11-13)14-7-9-20-10-8-14/h2-6,12,14,18,20H,7-11H2,1H3/b13-2-. The highest BCUT2D eigenvalue weighted by Gasteiger charge is 2.27. The molecule has 1 aromatic rings. The molecule has 0 bridgehead atoms. The minimum Gasteiger partial charge on any atom is -0.317 e. The average molecular weight is 288 g/mol. The predicted molar refractivity (Wildman–Crippen MR) is 87.2 cm³/mol. The summed E-state index contributed by atoms with van der Waals surface area (Å²) in [6.45, 7) is 4.45. The number of nitrogens with one attached hydrogen (secondary N) is 1. The molecule has 1 atom stereocenters. The number of piperidine rings is 1. The summed E-state index contributed by atoms with van der Waals surface area (Å²) in [5.41, 5.74) is 4.23. The molecule has 1 aliphatic heterocycles. The Kier molecular flexibility index (Phi) is 4.28. The predicted octanol–water partition coefficient (Wildman–Crippen LogP) is 4.79. The van der Waals surface area contributed by atoms with Gasteiger partial charge in [0, 0.05) is 5.02 Å². The summed E-state index contributed by atoms with van der Waals surface area (Å²) in [5.74, 6) is 1.41. The second-order valence-corrected chi connectivity index (χ2v) is 6.30. The maximum Gasteiger partial charge on any atom is 0.0412 e. The van der Waals surface area contributed by atoms with Crippen molar-refractivity contribution >= 4 is 17.7 Å². The molecular weight excluding hydrogens is 266 g/mol. The van der Waals surface area contributed by atoms with Crippen LogP contribution in [0.15, 0.2) is 35.9 Å². The van der Waals surface area contributed by atoms with Crippen LogP contribution in [0, 0.1) is 5.92 Å². The Hall–Kier alpha value is -1.05. The number of hydrogen-bond donors (Lipinski definition) is 1. The number of benzene rings is 1. The molecule has 0 saturated carbocycles. The first-order valence-corrected chi connectivity index (χ1v) is 7.99. The summed E-state index contributed by atoms with van der Waals surface area (Å²) in [5, 5.41) is 4.31. The van der Waals surface area contributed by atoms with E-state index in [1.807, 2.05) is 6.07 Å². The van der Waals surface area contributed by atoms with Gasteiger partial charge < -0.3 is 5.32 Å². The number of hydrogen-bond acceptors (Lipinski definition) is 1. The zero-order chi connectivity index (χ0) is 13.9. The number of halogens is 1. The lowest BCUT2D eigenvalue weighted by molar-refractivity contribution is 0.316. The molecule has 0 radical (unpaired) electrons. The third kappa shape index (κ3) is 2.84. The molecule has 1 saturated heterocycles. The average Bonchev–Trinajstić information content (AvgIpc) is 2.67. The molecule has 20 heavy (non-hydrogen) atoms. The van der Waals surface area contributed by atoms with E-state index < -0.39 is 0 Å². The van der Waals surface area contributed by atoms with E-state index in [0.29, 0.717) is 5.92 Å². The maximum atomic E-state index is 6.18. The van der Waals surface area contributed by atoms with Crippen LogP contribution in [0.4, 0.5) is 0 Å². The molecule has 3 rings (SSSR count). The Morgan fingerprint density at radius 1 is 1.20 bits per heavy atom. The molecule has 1 aliphatic carbocycles. The number of allylic oxidation sites excluding steroid dienone is 3. The fraction of sp³-hybridized carbons (Fsp3) is 0.444. The van der Waals surface area contributed by atoms with Crippen molar-refractivity contribution in [2.24, 2.45) is 5.92 Å². The molecular formula is C18H22ClN. The summed E-state index contributed by atoms with van der Waals surface area (Å²) < 4.78 is 0. The van der Waals surface area contributed by atoms with Crippen LogP contribution in [0.3, 0.4) is 0 Å². The molecule has 0 amide bonds. The van der Waals surface area contributed by atoms with Gasteiger partial charge in [-0.2, -0.15) is 0 Å². The Morgan fingerprint density at radius 2 is 2.00 bits per heavy atom. The second-order valence-electron chi connectivity index (χ2n) is 5.87. The van der Waals surface area contributed by atoms with Crippen LogP contribution in [0.25, 0.3) is 6.08 Å². The van der Waals surface area contributed by atoms with Gasteiger partial charge >= 0.3 is 0 Å². The SMILES string of the molecule is C/C=C1/C=Cc2cc(Cl)ccc2C(C2CCNCC2)C1. The summed E-state index contributed by atoms with van der Waals surface area (Å²) >= 11 is 6.18. The lowest BCUT2D eigenvalue weighted by Crippen LogP contribution is -2.31. The Balaban J connectivity index is 1.99. The van der Waals surface area contributed by atoms with Crippen molar-refractivity contribution in [3.05, 3.63) is 52.1 Å². The molecule has 1 fully saturated rings. The van der Waals surface area contributed by atoms with Crippen LogP contribution in [-0.4, -0.2) is 13.1 Å². The minimum absolute atomic E-state index is 0.630. The van der Waals surface area contributed by atoms with Crippen molar-refractivity contribution in [2.75, 3.05) is 13.1 Å². The quantitative estimate of drug-likeness (QED) is 0.783. The maximum absolute atomic E-state index is 6.18. The van der Waals surface area contributed by atoms with E-state index in [4.69, 9.17) is 11.6 Å². The van der Waals surface area contributed by atoms with E-state index in [0.717, 1.165) is 30.5 Å². The monoisotopic (exact) mass is 287 g/mol. The molecule has 1 aromatic carbocycles. The summed E-state index contributed by atoms with van der Waals surface area (Å²) in [6.07, 6.45) is 10.5. The highest BCUT2D eigenvalue weighted by atomic mass is 35.5. The van der Waals surface area contributed by atoms with Gasteiger partial charge in [-0.15, -0.1) is 0 Å². The molecule has 1 unspecified atom stereocenters. The first kappa shape index (κ1) is 13.9. The smallest absolute Gasteiger partial charge is 0.0412 e. The van der Waals surface area contributed by atoms with E-state index >= 15 is 0 Å². The van der Waals surface area contributed by atoms with Crippen LogP contribution >= 0.6 is 11.6 Å². The van der Waals surface area contributed by atoms with Crippen LogP contribution in [-0.2, 0) is 0 Å². The van der Waals surface area contributed by atoms with Crippen molar-refractivity contribution in [2.45, 2.75) is 32.1 Å². The van der Waals surface area contributed by atoms with E-state index in [1.165, 1.54) is 29.5 Å². The summed E-state index contributed by atoms with van der Waals surface area (Å²) in [7, 11) is 0. The van der Waals surface area contributed by atoms with Gasteiger partial charge in [0.05, 0.1) is 0 Å². The molecule has 0 aromatic heterocycles. The van der Waals surface area contributed by atoms with Gasteiger partial charge in [-0.1, -0.05) is 41.5 Å². The fourth-order valence-corrected chi connectivity index (χ4v) is 3.72. The third-order valence-corrected chi connectivity index (χ3v) is 4.94. The highest BCUT2D eigenvalue weighted by Crippen LogP contribution is 2.40. The number of fused-ring (bicyclic) bond motifs is 1. The first-order chi connectivity index (χ1) is 9.78. The van der Waals surface area contributed by atoms with Gasteiger partial charge in [0.25, 0.3) is 0 Å². The zero-order valence-electron chi connectivity index (χ0n) is 12.0. The lowest BCUT2D eigenvalue weighted by Gasteiger charge is -2.31. The van der Waals surface area contributed by atoms with Crippen molar-refractivity contribution in [1.29, 1.82) is 0 Å². The van der Waals surface area contributed by atoms with E-state index in [1.54, 1.807) is 0 Å². The molecule has 2 heteroatoms.